The van der Waals surface area contributed by atoms with Crippen LogP contribution >= 0.6 is 0 Å². The Bertz CT molecular complexity index is 2170. The van der Waals surface area contributed by atoms with Crippen LogP contribution in [0.15, 0.2) is 61.1 Å². The van der Waals surface area contributed by atoms with Crippen molar-refractivity contribution in [1.82, 2.24) is 30.1 Å². The molecule has 0 saturated carbocycles. The molecule has 6 rings (SSSR count). The highest BCUT2D eigenvalue weighted by atomic mass is 32.2. The van der Waals surface area contributed by atoms with E-state index in [-0.39, 0.29) is 29.5 Å². The summed E-state index contributed by atoms with van der Waals surface area (Å²) in [4.78, 5) is 28.6. The van der Waals surface area contributed by atoms with Crippen molar-refractivity contribution < 1.29 is 22.0 Å². The molecular weight excluding hydrogens is 588 g/mol. The van der Waals surface area contributed by atoms with Gasteiger partial charge in [0.05, 0.1) is 23.2 Å². The number of H-pyrrole nitrogens is 2. The van der Waals surface area contributed by atoms with Gasteiger partial charge in [-0.25, -0.2) is 27.2 Å². The number of sulfone groups is 1. The van der Waals surface area contributed by atoms with Gasteiger partial charge in [0, 0.05) is 41.1 Å². The molecule has 6 aromatic rings. The maximum Gasteiger partial charge on any atom is 0.226 e. The number of benzene rings is 2. The molecule has 0 radical (unpaired) electrons. The number of nitrogens with one attached hydrogen (secondary N) is 3. The lowest BCUT2D eigenvalue weighted by atomic mass is 10.0. The van der Waals surface area contributed by atoms with Gasteiger partial charge in [-0.2, -0.15) is 5.10 Å². The fourth-order valence-corrected chi connectivity index (χ4v) is 5.51. The fraction of sp³-hybridized carbons (Fsp3) is 0.194. The minimum Gasteiger partial charge on any atom is -0.335 e. The summed E-state index contributed by atoms with van der Waals surface area (Å²) in [5, 5.41) is 10.3. The van der Waals surface area contributed by atoms with Crippen LogP contribution in [0, 0.1) is 17.6 Å². The third kappa shape index (κ3) is 5.91. The Morgan fingerprint density at radius 2 is 1.84 bits per heavy atom. The molecule has 0 saturated heterocycles. The minimum atomic E-state index is -3.23. The number of pyridine rings is 2. The van der Waals surface area contributed by atoms with E-state index >= 15 is 4.39 Å². The molecule has 3 N–H and O–H groups in total. The Labute approximate surface area is 250 Å². The summed E-state index contributed by atoms with van der Waals surface area (Å²) >= 11 is 0. The first-order valence-corrected chi connectivity index (χ1v) is 15.8. The van der Waals surface area contributed by atoms with Crippen molar-refractivity contribution in [2.24, 2.45) is 5.92 Å². The zero-order valence-electron chi connectivity index (χ0n) is 23.9. The maximum absolute atomic E-state index is 15.3. The number of nitrogens with zero attached hydrogens (tertiary/aromatic N) is 4. The van der Waals surface area contributed by atoms with Crippen LogP contribution in [0.4, 0.5) is 14.5 Å². The predicted octanol–water partition coefficient (Wildman–Crippen LogP) is 5.69. The van der Waals surface area contributed by atoms with Gasteiger partial charge in [-0.05, 0) is 59.5 Å². The van der Waals surface area contributed by atoms with Crippen molar-refractivity contribution in [3.05, 3.63) is 78.3 Å². The van der Waals surface area contributed by atoms with E-state index in [1.165, 1.54) is 24.4 Å². The Kier molecular flexibility index (Phi) is 7.41. The van der Waals surface area contributed by atoms with Crippen LogP contribution in [0.5, 0.6) is 0 Å². The van der Waals surface area contributed by atoms with Crippen molar-refractivity contribution in [3.63, 3.8) is 0 Å². The van der Waals surface area contributed by atoms with Crippen LogP contribution in [-0.4, -0.2) is 56.5 Å². The van der Waals surface area contributed by atoms with Crippen molar-refractivity contribution in [2.45, 2.75) is 20.3 Å². The molecule has 1 amide bonds. The van der Waals surface area contributed by atoms with Gasteiger partial charge < -0.3 is 10.3 Å². The molecular formula is C31H27F2N7O3S. The van der Waals surface area contributed by atoms with Crippen LogP contribution in [0.25, 0.3) is 55.8 Å². The third-order valence-electron chi connectivity index (χ3n) is 7.13. The first-order valence-electron chi connectivity index (χ1n) is 13.7. The quantitative estimate of drug-likeness (QED) is 0.199. The van der Waals surface area contributed by atoms with Gasteiger partial charge in [0.15, 0.2) is 17.3 Å². The Morgan fingerprint density at radius 3 is 2.61 bits per heavy atom. The molecule has 0 aliphatic rings. The molecule has 0 aliphatic heterocycles. The molecule has 13 heteroatoms. The number of fused-ring (bicyclic) bond motifs is 2. The summed E-state index contributed by atoms with van der Waals surface area (Å²) < 4.78 is 53.2. The lowest BCUT2D eigenvalue weighted by Gasteiger charge is -2.09. The minimum absolute atomic E-state index is 0.103. The normalized spacial score (nSPS) is 12.0. The van der Waals surface area contributed by atoms with E-state index in [2.05, 4.69) is 35.5 Å². The molecule has 0 atom stereocenters. The molecule has 224 valence electrons. The van der Waals surface area contributed by atoms with Gasteiger partial charge in [0.1, 0.15) is 26.9 Å². The Morgan fingerprint density at radius 1 is 1.02 bits per heavy atom. The SMILES string of the molecule is CC(C)C(=O)Nc1cncc(-c2cc(F)c3n[nH]c(-c4nc5nccc(-c6cc(F)cc(CCS(C)(=O)=O)c6)c5[nH]4)c3c2)c1. The second-order valence-electron chi connectivity index (χ2n) is 10.9. The molecule has 0 unspecified atom stereocenters. The van der Waals surface area contributed by atoms with Crippen LogP contribution in [0.2, 0.25) is 0 Å². The average molecular weight is 616 g/mol. The number of aromatic amines is 2. The van der Waals surface area contributed by atoms with Gasteiger partial charge in [-0.1, -0.05) is 19.9 Å². The smallest absolute Gasteiger partial charge is 0.226 e. The van der Waals surface area contributed by atoms with E-state index in [4.69, 9.17) is 0 Å². The summed E-state index contributed by atoms with van der Waals surface area (Å²) in [6, 6.07) is 10.9. The number of carbonyl (C=O) groups excluding carboxylic acids is 1. The predicted molar refractivity (Wildman–Crippen MR) is 164 cm³/mol. The van der Waals surface area contributed by atoms with Gasteiger partial charge in [0.2, 0.25) is 5.91 Å². The summed E-state index contributed by atoms with van der Waals surface area (Å²) in [5.74, 6) is -1.21. The second kappa shape index (κ2) is 11.2. The number of aromatic nitrogens is 6. The largest absolute Gasteiger partial charge is 0.335 e. The number of halogens is 2. The van der Waals surface area contributed by atoms with Gasteiger partial charge in [-0.15, -0.1) is 0 Å². The number of amides is 1. The van der Waals surface area contributed by atoms with Crippen molar-refractivity contribution in [2.75, 3.05) is 17.3 Å². The van der Waals surface area contributed by atoms with Gasteiger partial charge in [-0.3, -0.25) is 14.9 Å². The van der Waals surface area contributed by atoms with E-state index in [1.807, 2.05) is 0 Å². The number of imidazole rings is 1. The lowest BCUT2D eigenvalue weighted by Crippen LogP contribution is -2.17. The molecule has 0 bridgehead atoms. The number of rotatable bonds is 8. The Hall–Kier alpha value is -5.04. The van der Waals surface area contributed by atoms with E-state index in [0.717, 1.165) is 6.26 Å². The van der Waals surface area contributed by atoms with E-state index in [9.17, 15) is 17.6 Å². The van der Waals surface area contributed by atoms with Crippen LogP contribution in [-0.2, 0) is 21.1 Å². The fourth-order valence-electron chi connectivity index (χ4n) is 4.90. The summed E-state index contributed by atoms with van der Waals surface area (Å²) in [7, 11) is -3.23. The van der Waals surface area contributed by atoms with Crippen LogP contribution < -0.4 is 5.32 Å². The molecule has 0 fully saturated rings. The lowest BCUT2D eigenvalue weighted by molar-refractivity contribution is -0.118. The molecule has 10 nitrogen and oxygen atoms in total. The summed E-state index contributed by atoms with van der Waals surface area (Å²) in [6.07, 6.45) is 5.95. The van der Waals surface area contributed by atoms with Crippen molar-refractivity contribution in [1.29, 1.82) is 0 Å². The molecule has 0 aliphatic carbocycles. The first-order chi connectivity index (χ1) is 20.9. The van der Waals surface area contributed by atoms with Crippen molar-refractivity contribution in [3.8, 4) is 33.8 Å². The highest BCUT2D eigenvalue weighted by Crippen LogP contribution is 2.34. The number of carbonyl (C=O) groups is 1. The summed E-state index contributed by atoms with van der Waals surface area (Å²) in [6.45, 7) is 3.56. The highest BCUT2D eigenvalue weighted by molar-refractivity contribution is 7.90. The second-order valence-corrected chi connectivity index (χ2v) is 13.2. The maximum atomic E-state index is 15.3. The van der Waals surface area contributed by atoms with Gasteiger partial charge in [0.25, 0.3) is 0 Å². The van der Waals surface area contributed by atoms with E-state index in [1.54, 1.807) is 50.5 Å². The topological polar surface area (TPSA) is 146 Å². The monoisotopic (exact) mass is 615 g/mol. The third-order valence-corrected chi connectivity index (χ3v) is 8.08. The average Bonchev–Trinajstić information content (AvgIpc) is 3.60. The van der Waals surface area contributed by atoms with E-state index < -0.39 is 21.5 Å². The number of hydrogen-bond acceptors (Lipinski definition) is 7. The molecule has 44 heavy (non-hydrogen) atoms. The van der Waals surface area contributed by atoms with Gasteiger partial charge >= 0.3 is 0 Å². The highest BCUT2D eigenvalue weighted by Gasteiger charge is 2.19. The van der Waals surface area contributed by atoms with E-state index in [0.29, 0.717) is 61.6 Å². The molecule has 2 aromatic carbocycles. The summed E-state index contributed by atoms with van der Waals surface area (Å²) in [5.41, 5.74) is 4.64. The first kappa shape index (κ1) is 29.1. The molecule has 0 spiro atoms. The number of anilines is 1. The zero-order chi connectivity index (χ0) is 31.2. The van der Waals surface area contributed by atoms with Crippen LogP contribution in [0.1, 0.15) is 19.4 Å². The van der Waals surface area contributed by atoms with Crippen LogP contribution in [0.3, 0.4) is 0 Å². The molecule has 4 aromatic heterocycles. The zero-order valence-corrected chi connectivity index (χ0v) is 24.8. The standard InChI is InChI=1S/C31H27F2N7O3S/c1-16(2)31(41)36-22-11-20(14-34-15-22)18-12-24-26(25(33)13-18)39-40-28(24)30-37-27-23(4-6-35-29(27)38-30)19-8-17(9-21(32)10-19)5-7-44(3,42)43/h4,6,8-16H,5,7H2,1-3H3,(H,36,41)(H,39,40)(H,35,37,38). The number of hydrogen-bond donors (Lipinski definition) is 3. The van der Waals surface area contributed by atoms with Crippen molar-refractivity contribution >= 4 is 43.5 Å². The number of aryl methyl sites for hydroxylation is 1. The Balaban J connectivity index is 1.40. The molecule has 4 heterocycles.